The van der Waals surface area contributed by atoms with Gasteiger partial charge in [-0.3, -0.25) is 0 Å². The molecule has 0 fully saturated rings. The molecule has 0 atom stereocenters. The second-order valence-corrected chi connectivity index (χ2v) is 4.21. The molecule has 0 radical (unpaired) electrons. The minimum absolute atomic E-state index is 0.210. The molecule has 2 rings (SSSR count). The van der Waals surface area contributed by atoms with Gasteiger partial charge in [-0.05, 0) is 23.5 Å². The summed E-state index contributed by atoms with van der Waals surface area (Å²) in [4.78, 5) is 21.8. The van der Waals surface area contributed by atoms with E-state index in [4.69, 9.17) is 4.74 Å². The predicted octanol–water partition coefficient (Wildman–Crippen LogP) is 1.93. The first kappa shape index (κ1) is 13.7. The number of carbonyl (C=O) groups excluding carboxylic acids is 1. The van der Waals surface area contributed by atoms with Crippen molar-refractivity contribution in [3.63, 3.8) is 0 Å². The molecule has 7 heteroatoms. The highest BCUT2D eigenvalue weighted by Gasteiger charge is 2.18. The third-order valence-corrected chi connectivity index (χ3v) is 2.90. The van der Waals surface area contributed by atoms with Crippen molar-refractivity contribution in [3.8, 4) is 0 Å². The number of benzene rings is 1. The first-order valence-corrected chi connectivity index (χ1v) is 5.88. The monoisotopic (exact) mass is 275 g/mol. The van der Waals surface area contributed by atoms with Crippen LogP contribution in [0.5, 0.6) is 0 Å². The van der Waals surface area contributed by atoms with E-state index in [1.807, 2.05) is 0 Å². The van der Waals surface area contributed by atoms with Crippen LogP contribution in [0, 0.1) is 17.0 Å². The van der Waals surface area contributed by atoms with Crippen LogP contribution in [-0.2, 0) is 11.3 Å². The second kappa shape index (κ2) is 5.52. The fraction of sp³-hybridized carbons (Fsp3) is 0.231. The molecule has 2 aromatic rings. The third-order valence-electron chi connectivity index (χ3n) is 2.90. The van der Waals surface area contributed by atoms with Gasteiger partial charge in [0.1, 0.15) is 0 Å². The predicted molar refractivity (Wildman–Crippen MR) is 70.5 cm³/mol. The van der Waals surface area contributed by atoms with Gasteiger partial charge in [-0.2, -0.15) is 4.68 Å². The van der Waals surface area contributed by atoms with Gasteiger partial charge in [0, 0.05) is 0 Å². The molecular formula is C13H13N3O4. The molecule has 1 aromatic heterocycles. The molecule has 1 aromatic carbocycles. The summed E-state index contributed by atoms with van der Waals surface area (Å²) in [6.07, 6.45) is 0. The number of carbonyl (C=O) groups is 1. The summed E-state index contributed by atoms with van der Waals surface area (Å²) in [5, 5.41) is 14.6. The zero-order valence-electron chi connectivity index (χ0n) is 11.1. The normalized spacial score (nSPS) is 10.3. The van der Waals surface area contributed by atoms with Gasteiger partial charge in [-0.15, -0.1) is 0 Å². The van der Waals surface area contributed by atoms with E-state index in [1.54, 1.807) is 31.2 Å². The Labute approximate surface area is 114 Å². The lowest BCUT2D eigenvalue weighted by Gasteiger charge is -2.06. The van der Waals surface area contributed by atoms with Crippen molar-refractivity contribution in [3.05, 3.63) is 57.3 Å². The largest absolute Gasteiger partial charge is 0.465 e. The number of aromatic nitrogens is 2. The van der Waals surface area contributed by atoms with Crippen LogP contribution in [-0.4, -0.2) is 27.8 Å². The molecule has 1 heterocycles. The maximum absolute atomic E-state index is 11.7. The van der Waals surface area contributed by atoms with Gasteiger partial charge in [-0.25, -0.2) is 4.79 Å². The van der Waals surface area contributed by atoms with E-state index >= 15 is 0 Å². The smallest absolute Gasteiger partial charge is 0.390 e. The van der Waals surface area contributed by atoms with Crippen molar-refractivity contribution in [1.29, 1.82) is 0 Å². The molecule has 0 aliphatic heterocycles. The Morgan fingerprint density at radius 2 is 2.15 bits per heavy atom. The molecule has 0 unspecified atom stereocenters. The second-order valence-electron chi connectivity index (χ2n) is 4.21. The fourth-order valence-electron chi connectivity index (χ4n) is 1.87. The van der Waals surface area contributed by atoms with Crippen LogP contribution in [0.25, 0.3) is 0 Å². The van der Waals surface area contributed by atoms with Crippen LogP contribution in [0.1, 0.15) is 21.6 Å². The number of rotatable bonds is 4. The Hall–Kier alpha value is -2.70. The van der Waals surface area contributed by atoms with Crippen LogP contribution < -0.4 is 0 Å². The van der Waals surface area contributed by atoms with Gasteiger partial charge >= 0.3 is 11.8 Å². The Bertz CT molecular complexity index is 663. The minimum Gasteiger partial charge on any atom is -0.465 e. The molecule has 0 aliphatic rings. The highest BCUT2D eigenvalue weighted by molar-refractivity contribution is 5.90. The third kappa shape index (κ3) is 2.66. The van der Waals surface area contributed by atoms with Crippen molar-refractivity contribution in [2.45, 2.75) is 13.5 Å². The summed E-state index contributed by atoms with van der Waals surface area (Å²) in [5.41, 5.74) is 1.77. The number of hydrogen-bond acceptors (Lipinski definition) is 5. The van der Waals surface area contributed by atoms with E-state index in [2.05, 4.69) is 5.10 Å². The van der Waals surface area contributed by atoms with E-state index in [0.29, 0.717) is 16.8 Å². The van der Waals surface area contributed by atoms with Crippen molar-refractivity contribution in [2.24, 2.45) is 0 Å². The standard InChI is InChI=1S/C13H13N3O4/c1-9-7-12(16(18)19)14-15(9)8-10-5-3-4-6-11(10)13(17)20-2/h3-7H,8H2,1-2H3. The maximum atomic E-state index is 11.7. The molecule has 0 aliphatic carbocycles. The van der Waals surface area contributed by atoms with E-state index < -0.39 is 10.9 Å². The van der Waals surface area contributed by atoms with Gasteiger partial charge in [-0.1, -0.05) is 18.2 Å². The number of methoxy groups -OCH3 is 1. The van der Waals surface area contributed by atoms with Gasteiger partial charge < -0.3 is 14.9 Å². The molecular weight excluding hydrogens is 262 g/mol. The molecule has 0 N–H and O–H groups in total. The van der Waals surface area contributed by atoms with Crippen molar-refractivity contribution in [1.82, 2.24) is 9.78 Å². The number of ether oxygens (including phenoxy) is 1. The average molecular weight is 275 g/mol. The van der Waals surface area contributed by atoms with Gasteiger partial charge in [0.15, 0.2) is 0 Å². The van der Waals surface area contributed by atoms with Crippen molar-refractivity contribution in [2.75, 3.05) is 7.11 Å². The lowest BCUT2D eigenvalue weighted by Crippen LogP contribution is -2.10. The molecule has 7 nitrogen and oxygen atoms in total. The molecule has 0 saturated carbocycles. The number of esters is 1. The summed E-state index contributed by atoms with van der Waals surface area (Å²) < 4.78 is 6.20. The molecule has 20 heavy (non-hydrogen) atoms. The molecule has 0 bridgehead atoms. The van der Waals surface area contributed by atoms with Crippen LogP contribution in [0.3, 0.4) is 0 Å². The fourth-order valence-corrected chi connectivity index (χ4v) is 1.87. The zero-order valence-corrected chi connectivity index (χ0v) is 11.1. The Kier molecular flexibility index (Phi) is 3.79. The zero-order chi connectivity index (χ0) is 14.7. The van der Waals surface area contributed by atoms with E-state index in [0.717, 1.165) is 0 Å². The topological polar surface area (TPSA) is 87.3 Å². The number of aryl methyl sites for hydroxylation is 1. The summed E-state index contributed by atoms with van der Waals surface area (Å²) in [7, 11) is 1.31. The summed E-state index contributed by atoms with van der Waals surface area (Å²) >= 11 is 0. The van der Waals surface area contributed by atoms with Crippen molar-refractivity contribution >= 4 is 11.8 Å². The van der Waals surface area contributed by atoms with E-state index in [-0.39, 0.29) is 12.4 Å². The number of hydrogen-bond donors (Lipinski definition) is 0. The van der Waals surface area contributed by atoms with Crippen LogP contribution >= 0.6 is 0 Å². The quantitative estimate of drug-likeness (QED) is 0.483. The molecule has 0 amide bonds. The maximum Gasteiger partial charge on any atom is 0.390 e. The summed E-state index contributed by atoms with van der Waals surface area (Å²) in [6, 6.07) is 8.32. The van der Waals surface area contributed by atoms with E-state index in [9.17, 15) is 14.9 Å². The first-order valence-electron chi connectivity index (χ1n) is 5.88. The minimum atomic E-state index is -0.546. The van der Waals surface area contributed by atoms with Crippen LogP contribution in [0.15, 0.2) is 30.3 Å². The lowest BCUT2D eigenvalue weighted by atomic mass is 10.1. The Balaban J connectivity index is 2.35. The van der Waals surface area contributed by atoms with Crippen LogP contribution in [0.4, 0.5) is 5.82 Å². The average Bonchev–Trinajstić information content (AvgIpc) is 2.80. The Morgan fingerprint density at radius 3 is 2.75 bits per heavy atom. The number of nitrogens with zero attached hydrogens (tertiary/aromatic N) is 3. The molecule has 104 valence electrons. The van der Waals surface area contributed by atoms with Gasteiger partial charge in [0.25, 0.3) is 0 Å². The molecule has 0 saturated heterocycles. The van der Waals surface area contributed by atoms with Crippen LogP contribution in [0.2, 0.25) is 0 Å². The SMILES string of the molecule is COC(=O)c1ccccc1Cn1nc([N+](=O)[O-])cc1C. The highest BCUT2D eigenvalue weighted by Crippen LogP contribution is 2.16. The van der Waals surface area contributed by atoms with E-state index in [1.165, 1.54) is 17.9 Å². The summed E-state index contributed by atoms with van der Waals surface area (Å²) in [5.74, 6) is -0.655. The number of nitro groups is 1. The van der Waals surface area contributed by atoms with Gasteiger partial charge in [0.05, 0.1) is 36.1 Å². The Morgan fingerprint density at radius 1 is 1.45 bits per heavy atom. The van der Waals surface area contributed by atoms with Gasteiger partial charge in [0.2, 0.25) is 0 Å². The first-order chi connectivity index (χ1) is 9.52. The van der Waals surface area contributed by atoms with Crippen molar-refractivity contribution < 1.29 is 14.5 Å². The summed E-state index contributed by atoms with van der Waals surface area (Å²) in [6.45, 7) is 1.99. The molecule has 0 spiro atoms. The highest BCUT2D eigenvalue weighted by atomic mass is 16.6. The lowest BCUT2D eigenvalue weighted by molar-refractivity contribution is -0.389.